The molecule has 0 bridgehead atoms. The van der Waals surface area contributed by atoms with E-state index < -0.39 is 0 Å². The van der Waals surface area contributed by atoms with Crippen LogP contribution in [0.5, 0.6) is 0 Å². The summed E-state index contributed by atoms with van der Waals surface area (Å²) in [6.45, 7) is 0. The fourth-order valence-corrected chi connectivity index (χ4v) is 5.62. The fourth-order valence-electron chi connectivity index (χ4n) is 5.62. The van der Waals surface area contributed by atoms with E-state index in [-0.39, 0.29) is 5.82 Å². The molecule has 0 aliphatic carbocycles. The standard InChI is InChI=1S/C39H24FN3O/c40-31-21-19-29(20-22-31)38-41-37(28-11-5-2-6-12-28)42-39(43-38)33-23-30(24-35-36(33)32-13-7-8-14-34(32)44-35)27-17-15-26(16-18-27)25-9-3-1-4-10-25/h1-24H. The summed E-state index contributed by atoms with van der Waals surface area (Å²) >= 11 is 0. The molecular weight excluding hydrogens is 545 g/mol. The van der Waals surface area contributed by atoms with Crippen molar-refractivity contribution in [1.29, 1.82) is 0 Å². The van der Waals surface area contributed by atoms with Crippen LogP contribution < -0.4 is 0 Å². The van der Waals surface area contributed by atoms with Gasteiger partial charge in [-0.2, -0.15) is 0 Å². The van der Waals surface area contributed by atoms with E-state index in [0.29, 0.717) is 23.0 Å². The smallest absolute Gasteiger partial charge is 0.164 e. The molecule has 0 aliphatic rings. The summed E-state index contributed by atoms with van der Waals surface area (Å²) in [6.07, 6.45) is 0. The highest BCUT2D eigenvalue weighted by Crippen LogP contribution is 2.40. The minimum Gasteiger partial charge on any atom is -0.456 e. The van der Waals surface area contributed by atoms with Crippen molar-refractivity contribution < 1.29 is 8.81 Å². The van der Waals surface area contributed by atoms with Crippen molar-refractivity contribution in [3.8, 4) is 56.4 Å². The Balaban J connectivity index is 1.36. The first kappa shape index (κ1) is 25.7. The van der Waals surface area contributed by atoms with E-state index in [1.165, 1.54) is 17.7 Å². The fraction of sp³-hybridized carbons (Fsp3) is 0. The van der Waals surface area contributed by atoms with Crippen LogP contribution in [-0.4, -0.2) is 15.0 Å². The molecule has 2 heterocycles. The van der Waals surface area contributed by atoms with Crippen LogP contribution in [0.3, 0.4) is 0 Å². The summed E-state index contributed by atoms with van der Waals surface area (Å²) in [5, 5.41) is 1.91. The zero-order valence-electron chi connectivity index (χ0n) is 23.5. The maximum absolute atomic E-state index is 13.8. The summed E-state index contributed by atoms with van der Waals surface area (Å²) in [5.41, 5.74) is 8.27. The Morgan fingerprint density at radius 3 is 1.59 bits per heavy atom. The molecule has 44 heavy (non-hydrogen) atoms. The van der Waals surface area contributed by atoms with Gasteiger partial charge in [-0.15, -0.1) is 0 Å². The lowest BCUT2D eigenvalue weighted by Crippen LogP contribution is -2.00. The van der Waals surface area contributed by atoms with Gasteiger partial charge < -0.3 is 4.42 Å². The van der Waals surface area contributed by atoms with E-state index in [4.69, 9.17) is 19.4 Å². The first-order valence-electron chi connectivity index (χ1n) is 14.4. The lowest BCUT2D eigenvalue weighted by molar-refractivity contribution is 0.628. The number of furan rings is 1. The molecule has 8 aromatic rings. The summed E-state index contributed by atoms with van der Waals surface area (Å²) in [6, 6.07) is 47.1. The Labute approximate surface area is 253 Å². The third-order valence-electron chi connectivity index (χ3n) is 7.81. The third kappa shape index (κ3) is 4.71. The molecule has 4 nitrogen and oxygen atoms in total. The normalized spacial score (nSPS) is 11.3. The Kier molecular flexibility index (Phi) is 6.27. The van der Waals surface area contributed by atoms with Crippen molar-refractivity contribution in [2.45, 2.75) is 0 Å². The molecule has 0 N–H and O–H groups in total. The van der Waals surface area contributed by atoms with Crippen LogP contribution in [0.15, 0.2) is 150 Å². The summed E-state index contributed by atoms with van der Waals surface area (Å²) in [7, 11) is 0. The van der Waals surface area contributed by atoms with Crippen molar-refractivity contribution >= 4 is 21.9 Å². The number of halogens is 1. The van der Waals surface area contributed by atoms with Crippen LogP contribution in [0.2, 0.25) is 0 Å². The molecule has 0 atom stereocenters. The van der Waals surface area contributed by atoms with Crippen molar-refractivity contribution in [2.75, 3.05) is 0 Å². The van der Waals surface area contributed by atoms with Crippen LogP contribution in [0.1, 0.15) is 0 Å². The van der Waals surface area contributed by atoms with Gasteiger partial charge in [0.2, 0.25) is 0 Å². The SMILES string of the molecule is Fc1ccc(-c2nc(-c3ccccc3)nc(-c3cc(-c4ccc(-c5ccccc5)cc4)cc4oc5ccccc5c34)n2)cc1. The average molecular weight is 570 g/mol. The highest BCUT2D eigenvalue weighted by atomic mass is 19.1. The van der Waals surface area contributed by atoms with Gasteiger partial charge in [0.05, 0.1) is 0 Å². The summed E-state index contributed by atoms with van der Waals surface area (Å²) in [4.78, 5) is 14.8. The molecule has 0 unspecified atom stereocenters. The third-order valence-corrected chi connectivity index (χ3v) is 7.81. The van der Waals surface area contributed by atoms with E-state index in [1.54, 1.807) is 12.1 Å². The monoisotopic (exact) mass is 569 g/mol. The number of aromatic nitrogens is 3. The quantitative estimate of drug-likeness (QED) is 0.207. The van der Waals surface area contributed by atoms with E-state index in [0.717, 1.165) is 49.8 Å². The molecule has 2 aromatic heterocycles. The second kappa shape index (κ2) is 10.7. The summed E-state index contributed by atoms with van der Waals surface area (Å²) in [5.74, 6) is 1.20. The van der Waals surface area contributed by atoms with Gasteiger partial charge in [-0.05, 0) is 64.7 Å². The van der Waals surface area contributed by atoms with Gasteiger partial charge in [-0.25, -0.2) is 19.3 Å². The second-order valence-electron chi connectivity index (χ2n) is 10.6. The molecule has 0 saturated carbocycles. The molecular formula is C39H24FN3O. The number of hydrogen-bond donors (Lipinski definition) is 0. The molecule has 208 valence electrons. The highest BCUT2D eigenvalue weighted by Gasteiger charge is 2.19. The Hall–Kier alpha value is -5.94. The topological polar surface area (TPSA) is 51.8 Å². The van der Waals surface area contributed by atoms with Crippen LogP contribution in [0, 0.1) is 5.82 Å². The van der Waals surface area contributed by atoms with Gasteiger partial charge in [0, 0.05) is 27.5 Å². The lowest BCUT2D eigenvalue weighted by Gasteiger charge is -2.11. The van der Waals surface area contributed by atoms with Crippen LogP contribution in [-0.2, 0) is 0 Å². The van der Waals surface area contributed by atoms with Crippen molar-refractivity contribution in [2.24, 2.45) is 0 Å². The first-order chi connectivity index (χ1) is 21.7. The number of rotatable bonds is 5. The molecule has 5 heteroatoms. The van der Waals surface area contributed by atoms with Gasteiger partial charge in [0.25, 0.3) is 0 Å². The zero-order chi connectivity index (χ0) is 29.5. The molecule has 8 rings (SSSR count). The highest BCUT2D eigenvalue weighted by molar-refractivity contribution is 6.13. The van der Waals surface area contributed by atoms with Crippen LogP contribution >= 0.6 is 0 Å². The maximum atomic E-state index is 13.8. The van der Waals surface area contributed by atoms with Gasteiger partial charge in [0.15, 0.2) is 17.5 Å². The molecule has 6 aromatic carbocycles. The van der Waals surface area contributed by atoms with Crippen LogP contribution in [0.4, 0.5) is 4.39 Å². The average Bonchev–Trinajstić information content (AvgIpc) is 3.47. The van der Waals surface area contributed by atoms with E-state index in [2.05, 4.69) is 54.6 Å². The van der Waals surface area contributed by atoms with Crippen molar-refractivity contribution in [3.63, 3.8) is 0 Å². The molecule has 0 fully saturated rings. The van der Waals surface area contributed by atoms with E-state index in [9.17, 15) is 4.39 Å². The molecule has 0 radical (unpaired) electrons. The lowest BCUT2D eigenvalue weighted by atomic mass is 9.96. The predicted molar refractivity (Wildman–Crippen MR) is 174 cm³/mol. The number of para-hydroxylation sites is 1. The molecule has 0 saturated heterocycles. The molecule has 0 spiro atoms. The van der Waals surface area contributed by atoms with Crippen LogP contribution in [0.25, 0.3) is 78.4 Å². The maximum Gasteiger partial charge on any atom is 0.164 e. The molecule has 0 amide bonds. The first-order valence-corrected chi connectivity index (χ1v) is 14.4. The summed E-state index contributed by atoms with van der Waals surface area (Å²) < 4.78 is 20.2. The largest absolute Gasteiger partial charge is 0.456 e. The number of benzene rings is 6. The zero-order valence-corrected chi connectivity index (χ0v) is 23.5. The minimum absolute atomic E-state index is 0.316. The van der Waals surface area contributed by atoms with E-state index >= 15 is 0 Å². The second-order valence-corrected chi connectivity index (χ2v) is 10.6. The van der Waals surface area contributed by atoms with Gasteiger partial charge in [-0.1, -0.05) is 103 Å². The van der Waals surface area contributed by atoms with Gasteiger partial charge in [0.1, 0.15) is 17.0 Å². The number of nitrogens with zero attached hydrogens (tertiary/aromatic N) is 3. The Bertz CT molecular complexity index is 2260. The molecule has 0 aliphatic heterocycles. The van der Waals surface area contributed by atoms with Crippen molar-refractivity contribution in [3.05, 3.63) is 151 Å². The van der Waals surface area contributed by atoms with Gasteiger partial charge in [-0.3, -0.25) is 0 Å². The minimum atomic E-state index is -0.316. The number of hydrogen-bond acceptors (Lipinski definition) is 4. The predicted octanol–water partition coefficient (Wildman–Crippen LogP) is 10.2. The van der Waals surface area contributed by atoms with Crippen molar-refractivity contribution in [1.82, 2.24) is 15.0 Å². The Morgan fingerprint density at radius 2 is 0.909 bits per heavy atom. The number of fused-ring (bicyclic) bond motifs is 3. The van der Waals surface area contributed by atoms with Gasteiger partial charge >= 0.3 is 0 Å². The van der Waals surface area contributed by atoms with E-state index in [1.807, 2.05) is 66.7 Å². The Morgan fingerprint density at radius 1 is 0.409 bits per heavy atom.